The van der Waals surface area contributed by atoms with Crippen molar-refractivity contribution in [1.82, 2.24) is 0 Å². The lowest BCUT2D eigenvalue weighted by Gasteiger charge is -2.15. The van der Waals surface area contributed by atoms with E-state index in [4.69, 9.17) is 23.7 Å². The van der Waals surface area contributed by atoms with Crippen LogP contribution in [0.2, 0.25) is 0 Å². The largest absolute Gasteiger partial charge is 0.496 e. The molecule has 0 atom stereocenters. The quantitative estimate of drug-likeness (QED) is 0.347. The predicted octanol–water partition coefficient (Wildman–Crippen LogP) is 4.17. The number of allylic oxidation sites excluding steroid dienone is 1. The summed E-state index contributed by atoms with van der Waals surface area (Å²) in [5.74, 6) is 0.861. The molecule has 6 heteroatoms. The van der Waals surface area contributed by atoms with Crippen molar-refractivity contribution in [2.45, 2.75) is 13.8 Å². The van der Waals surface area contributed by atoms with Gasteiger partial charge in [0.05, 0.1) is 7.11 Å². The Bertz CT molecular complexity index is 841. The van der Waals surface area contributed by atoms with Gasteiger partial charge in [0.15, 0.2) is 19.4 Å². The van der Waals surface area contributed by atoms with Crippen LogP contribution < -0.4 is 14.2 Å². The highest BCUT2D eigenvalue weighted by molar-refractivity contribution is 6.10. The monoisotopic (exact) mass is 386 g/mol. The normalized spacial score (nSPS) is 10.9. The molecule has 0 spiro atoms. The molecule has 0 radical (unpaired) electrons. The zero-order valence-electron chi connectivity index (χ0n) is 16.9. The minimum absolute atomic E-state index is 0.0160. The van der Waals surface area contributed by atoms with Crippen LogP contribution in [0.5, 0.6) is 17.2 Å². The summed E-state index contributed by atoms with van der Waals surface area (Å²) in [6.45, 7) is 4.06. The maximum Gasteiger partial charge on any atom is 0.193 e. The second kappa shape index (κ2) is 10.5. The van der Waals surface area contributed by atoms with Crippen molar-refractivity contribution in [3.63, 3.8) is 0 Å². The van der Waals surface area contributed by atoms with Gasteiger partial charge in [0.25, 0.3) is 0 Å². The molecule has 2 rings (SSSR count). The van der Waals surface area contributed by atoms with E-state index in [0.717, 1.165) is 16.7 Å². The molecule has 0 unspecified atom stereocenters. The van der Waals surface area contributed by atoms with Crippen molar-refractivity contribution in [2.24, 2.45) is 0 Å². The van der Waals surface area contributed by atoms with Gasteiger partial charge in [-0.05, 0) is 31.1 Å². The first-order valence-corrected chi connectivity index (χ1v) is 8.75. The highest BCUT2D eigenvalue weighted by atomic mass is 16.7. The first-order valence-electron chi connectivity index (χ1n) is 8.75. The Kier molecular flexibility index (Phi) is 8.04. The summed E-state index contributed by atoms with van der Waals surface area (Å²) < 4.78 is 26.3. The van der Waals surface area contributed by atoms with Gasteiger partial charge in [0.2, 0.25) is 0 Å². The summed E-state index contributed by atoms with van der Waals surface area (Å²) >= 11 is 0. The van der Waals surface area contributed by atoms with Crippen molar-refractivity contribution >= 4 is 11.9 Å². The maximum absolute atomic E-state index is 13.0. The van der Waals surface area contributed by atoms with Gasteiger partial charge < -0.3 is 23.7 Å². The van der Waals surface area contributed by atoms with Gasteiger partial charge in [0, 0.05) is 26.4 Å². The topological polar surface area (TPSA) is 63.2 Å². The summed E-state index contributed by atoms with van der Waals surface area (Å²) in [4.78, 5) is 13.0. The third kappa shape index (κ3) is 5.58. The van der Waals surface area contributed by atoms with E-state index >= 15 is 0 Å². The fourth-order valence-corrected chi connectivity index (χ4v) is 2.60. The van der Waals surface area contributed by atoms with E-state index in [1.165, 1.54) is 27.4 Å². The lowest BCUT2D eigenvalue weighted by molar-refractivity contribution is 0.0453. The molecule has 28 heavy (non-hydrogen) atoms. The second-order valence-corrected chi connectivity index (χ2v) is 6.16. The Morgan fingerprint density at radius 2 is 1.61 bits per heavy atom. The van der Waals surface area contributed by atoms with Crippen molar-refractivity contribution in [3.05, 3.63) is 58.7 Å². The summed E-state index contributed by atoms with van der Waals surface area (Å²) in [5.41, 5.74) is 3.48. The zero-order valence-corrected chi connectivity index (χ0v) is 16.9. The highest BCUT2D eigenvalue weighted by Crippen LogP contribution is 2.35. The molecule has 0 aliphatic rings. The predicted molar refractivity (Wildman–Crippen MR) is 107 cm³/mol. The lowest BCUT2D eigenvalue weighted by Crippen LogP contribution is -2.08. The molecule has 0 bridgehead atoms. The minimum atomic E-state index is -0.248. The average molecular weight is 386 g/mol. The van der Waals surface area contributed by atoms with Gasteiger partial charge in [-0.25, -0.2) is 0 Å². The molecule has 0 aliphatic carbocycles. The first-order chi connectivity index (χ1) is 13.5. The third-order valence-electron chi connectivity index (χ3n) is 4.03. The van der Waals surface area contributed by atoms with Crippen LogP contribution in [-0.4, -0.2) is 40.7 Å². The Morgan fingerprint density at radius 3 is 2.29 bits per heavy atom. The van der Waals surface area contributed by atoms with Crippen LogP contribution in [0.25, 0.3) is 6.08 Å². The number of aryl methyl sites for hydroxylation is 2. The SMILES string of the molecule is COCOc1cc(OC)c(C(=O)/C=C/c2cc(C)ccc2C)c(OCOC)c1. The van der Waals surface area contributed by atoms with Crippen LogP contribution in [0.4, 0.5) is 0 Å². The third-order valence-corrected chi connectivity index (χ3v) is 4.03. The van der Waals surface area contributed by atoms with Crippen molar-refractivity contribution in [2.75, 3.05) is 34.9 Å². The molecule has 0 aliphatic heterocycles. The van der Waals surface area contributed by atoms with Crippen molar-refractivity contribution in [1.29, 1.82) is 0 Å². The van der Waals surface area contributed by atoms with E-state index in [1.807, 2.05) is 32.0 Å². The lowest BCUT2D eigenvalue weighted by atomic mass is 10.0. The maximum atomic E-state index is 13.0. The second-order valence-electron chi connectivity index (χ2n) is 6.16. The minimum Gasteiger partial charge on any atom is -0.496 e. The fraction of sp³-hybridized carbons (Fsp3) is 0.318. The van der Waals surface area contributed by atoms with Crippen LogP contribution >= 0.6 is 0 Å². The number of methoxy groups -OCH3 is 3. The summed E-state index contributed by atoms with van der Waals surface area (Å²) in [7, 11) is 4.51. The molecular formula is C22H26O6. The van der Waals surface area contributed by atoms with Crippen LogP contribution in [0.1, 0.15) is 27.0 Å². The Morgan fingerprint density at radius 1 is 0.929 bits per heavy atom. The van der Waals surface area contributed by atoms with E-state index in [1.54, 1.807) is 18.2 Å². The average Bonchev–Trinajstić information content (AvgIpc) is 2.70. The van der Waals surface area contributed by atoms with E-state index in [2.05, 4.69) is 0 Å². The summed E-state index contributed by atoms with van der Waals surface area (Å²) in [6.07, 6.45) is 3.30. The molecule has 6 nitrogen and oxygen atoms in total. The van der Waals surface area contributed by atoms with Gasteiger partial charge >= 0.3 is 0 Å². The molecule has 0 amide bonds. The number of hydrogen-bond acceptors (Lipinski definition) is 6. The van der Waals surface area contributed by atoms with Crippen molar-refractivity contribution < 1.29 is 28.5 Å². The van der Waals surface area contributed by atoms with E-state index in [-0.39, 0.29) is 19.4 Å². The van der Waals surface area contributed by atoms with Gasteiger partial charge in [-0.3, -0.25) is 4.79 Å². The molecule has 0 heterocycles. The molecule has 2 aromatic carbocycles. The van der Waals surface area contributed by atoms with Gasteiger partial charge in [-0.1, -0.05) is 29.8 Å². The summed E-state index contributed by atoms with van der Waals surface area (Å²) in [5, 5.41) is 0. The zero-order chi connectivity index (χ0) is 20.5. The van der Waals surface area contributed by atoms with E-state index in [0.29, 0.717) is 22.8 Å². The van der Waals surface area contributed by atoms with Crippen LogP contribution in [0.3, 0.4) is 0 Å². The van der Waals surface area contributed by atoms with E-state index in [9.17, 15) is 4.79 Å². The van der Waals surface area contributed by atoms with Gasteiger partial charge in [-0.15, -0.1) is 0 Å². The molecular weight excluding hydrogens is 360 g/mol. The number of ether oxygens (including phenoxy) is 5. The van der Waals surface area contributed by atoms with Gasteiger partial charge in [0.1, 0.15) is 22.8 Å². The first kappa shape index (κ1) is 21.5. The number of benzene rings is 2. The van der Waals surface area contributed by atoms with Crippen LogP contribution in [0, 0.1) is 13.8 Å². The number of rotatable bonds is 10. The molecule has 0 fully saturated rings. The number of hydrogen-bond donors (Lipinski definition) is 0. The molecule has 0 N–H and O–H groups in total. The standard InChI is InChI=1S/C22H26O6/c1-15-6-7-16(2)17(10-15)8-9-19(23)22-20(26-5)11-18(27-13-24-3)12-21(22)28-14-25-4/h6-12H,13-14H2,1-5H3/b9-8+. The highest BCUT2D eigenvalue weighted by Gasteiger charge is 2.19. The van der Waals surface area contributed by atoms with E-state index < -0.39 is 0 Å². The van der Waals surface area contributed by atoms with Crippen molar-refractivity contribution in [3.8, 4) is 17.2 Å². The number of carbonyl (C=O) groups is 1. The molecule has 0 saturated carbocycles. The molecule has 2 aromatic rings. The molecule has 0 saturated heterocycles. The Balaban J connectivity index is 2.41. The molecule has 0 aromatic heterocycles. The summed E-state index contributed by atoms with van der Waals surface area (Å²) in [6, 6.07) is 9.32. The smallest absolute Gasteiger partial charge is 0.193 e. The fourth-order valence-electron chi connectivity index (χ4n) is 2.60. The number of ketones is 1. The molecule has 150 valence electrons. The van der Waals surface area contributed by atoms with Gasteiger partial charge in [-0.2, -0.15) is 0 Å². The Labute approximate surface area is 165 Å². The number of carbonyl (C=O) groups excluding carboxylic acids is 1. The van der Waals surface area contributed by atoms with Crippen LogP contribution in [-0.2, 0) is 9.47 Å². The Hall–Kier alpha value is -2.83. The van der Waals surface area contributed by atoms with Crippen LogP contribution in [0.15, 0.2) is 36.4 Å².